The maximum Gasteiger partial charge on any atom is 0.319 e. The molecule has 0 aliphatic carbocycles. The molecular weight excluding hydrogens is 414 g/mol. The molecule has 0 saturated heterocycles. The molecule has 2 aromatic carbocycles. The van der Waals surface area contributed by atoms with E-state index in [2.05, 4.69) is 20.7 Å². The number of nitrogens with zero attached hydrogens (tertiary/aromatic N) is 3. The van der Waals surface area contributed by atoms with Crippen molar-refractivity contribution in [3.8, 4) is 16.3 Å². The van der Waals surface area contributed by atoms with E-state index in [1.165, 1.54) is 21.9 Å². The third-order valence-electron chi connectivity index (χ3n) is 4.92. The Labute approximate surface area is 182 Å². The number of anilines is 1. The van der Waals surface area contributed by atoms with Crippen LogP contribution in [0.5, 0.6) is 5.75 Å². The van der Waals surface area contributed by atoms with Gasteiger partial charge in [-0.1, -0.05) is 23.5 Å². The second-order valence-electron chi connectivity index (χ2n) is 6.97. The van der Waals surface area contributed by atoms with E-state index in [1.54, 1.807) is 7.11 Å². The van der Waals surface area contributed by atoms with Crippen LogP contribution in [-0.4, -0.2) is 27.7 Å². The van der Waals surface area contributed by atoms with Gasteiger partial charge < -0.3 is 15.4 Å². The highest BCUT2D eigenvalue weighted by Gasteiger charge is 2.12. The lowest BCUT2D eigenvalue weighted by atomic mass is 10.1. The SMILES string of the molecule is COc1ccc(-c2nn3c(=O)cc(CNC(=O)Nc4cccc(C)c4C)nc3s2)cc1. The summed E-state index contributed by atoms with van der Waals surface area (Å²) in [6, 6.07) is 14.2. The van der Waals surface area contributed by atoms with Crippen LogP contribution in [0.1, 0.15) is 16.8 Å². The second-order valence-corrected chi connectivity index (χ2v) is 7.93. The zero-order chi connectivity index (χ0) is 22.0. The summed E-state index contributed by atoms with van der Waals surface area (Å²) >= 11 is 1.30. The Morgan fingerprint density at radius 1 is 1.16 bits per heavy atom. The Morgan fingerprint density at radius 3 is 2.68 bits per heavy atom. The first-order chi connectivity index (χ1) is 14.9. The molecule has 0 bridgehead atoms. The lowest BCUT2D eigenvalue weighted by molar-refractivity contribution is 0.251. The van der Waals surface area contributed by atoms with Crippen molar-refractivity contribution in [1.29, 1.82) is 0 Å². The third kappa shape index (κ3) is 4.41. The number of carbonyl (C=O) groups excluding carboxylic acids is 1. The van der Waals surface area contributed by atoms with Crippen LogP contribution < -0.4 is 20.9 Å². The summed E-state index contributed by atoms with van der Waals surface area (Å²) in [4.78, 5) is 29.7. The van der Waals surface area contributed by atoms with Gasteiger partial charge in [-0.3, -0.25) is 4.79 Å². The fourth-order valence-electron chi connectivity index (χ4n) is 3.02. The molecule has 0 unspecified atom stereocenters. The van der Waals surface area contributed by atoms with Gasteiger partial charge in [0.25, 0.3) is 5.56 Å². The molecule has 0 atom stereocenters. The Hall–Kier alpha value is -3.72. The maximum atomic E-state index is 12.5. The van der Waals surface area contributed by atoms with Crippen molar-refractivity contribution in [2.45, 2.75) is 20.4 Å². The summed E-state index contributed by atoms with van der Waals surface area (Å²) in [7, 11) is 1.61. The average molecular weight is 436 g/mol. The highest BCUT2D eigenvalue weighted by molar-refractivity contribution is 7.19. The molecule has 158 valence electrons. The number of ether oxygens (including phenoxy) is 1. The second kappa shape index (κ2) is 8.57. The Bertz CT molecular complexity index is 1310. The van der Waals surface area contributed by atoms with Crippen molar-refractivity contribution in [2.24, 2.45) is 0 Å². The van der Waals surface area contributed by atoms with E-state index in [9.17, 15) is 9.59 Å². The number of benzene rings is 2. The van der Waals surface area contributed by atoms with Gasteiger partial charge in [-0.2, -0.15) is 9.61 Å². The highest BCUT2D eigenvalue weighted by Crippen LogP contribution is 2.26. The predicted molar refractivity (Wildman–Crippen MR) is 121 cm³/mol. The van der Waals surface area contributed by atoms with E-state index in [0.29, 0.717) is 15.7 Å². The molecular formula is C22H21N5O3S. The Kier molecular flexibility index (Phi) is 5.68. The minimum atomic E-state index is -0.362. The molecule has 0 aliphatic heterocycles. The normalized spacial score (nSPS) is 10.8. The van der Waals surface area contributed by atoms with Crippen LogP contribution in [-0.2, 0) is 6.54 Å². The van der Waals surface area contributed by atoms with Crippen LogP contribution in [0.15, 0.2) is 53.3 Å². The lowest BCUT2D eigenvalue weighted by Gasteiger charge is -2.11. The van der Waals surface area contributed by atoms with Crippen molar-refractivity contribution in [3.05, 3.63) is 75.7 Å². The topological polar surface area (TPSA) is 97.6 Å². The van der Waals surface area contributed by atoms with Gasteiger partial charge in [0.1, 0.15) is 10.8 Å². The quantitative estimate of drug-likeness (QED) is 0.497. The van der Waals surface area contributed by atoms with E-state index in [0.717, 1.165) is 28.1 Å². The summed E-state index contributed by atoms with van der Waals surface area (Å²) < 4.78 is 6.44. The van der Waals surface area contributed by atoms with E-state index >= 15 is 0 Å². The number of aryl methyl sites for hydroxylation is 1. The zero-order valence-electron chi connectivity index (χ0n) is 17.3. The van der Waals surface area contributed by atoms with Gasteiger partial charge in [0.15, 0.2) is 0 Å². The van der Waals surface area contributed by atoms with Gasteiger partial charge in [0.2, 0.25) is 4.96 Å². The van der Waals surface area contributed by atoms with Gasteiger partial charge in [0, 0.05) is 17.3 Å². The number of rotatable bonds is 5. The van der Waals surface area contributed by atoms with E-state index in [4.69, 9.17) is 4.74 Å². The molecule has 4 aromatic rings. The number of urea groups is 1. The molecule has 2 amide bonds. The van der Waals surface area contributed by atoms with Crippen molar-refractivity contribution in [3.63, 3.8) is 0 Å². The molecule has 0 radical (unpaired) electrons. The predicted octanol–water partition coefficient (Wildman–Crippen LogP) is 3.77. The van der Waals surface area contributed by atoms with E-state index in [-0.39, 0.29) is 18.1 Å². The number of hydrogen-bond donors (Lipinski definition) is 2. The fraction of sp³-hybridized carbons (Fsp3) is 0.182. The number of amides is 2. The largest absolute Gasteiger partial charge is 0.497 e. The first-order valence-corrected chi connectivity index (χ1v) is 10.4. The standard InChI is InChI=1S/C22H21N5O3S/c1-13-5-4-6-18(14(13)2)25-21(29)23-12-16-11-19(28)27-22(24-16)31-20(26-27)15-7-9-17(30-3)10-8-15/h4-11H,12H2,1-3H3,(H2,23,25,29). The van der Waals surface area contributed by atoms with Crippen LogP contribution in [0.25, 0.3) is 15.5 Å². The van der Waals surface area contributed by atoms with E-state index < -0.39 is 0 Å². The molecule has 2 N–H and O–H groups in total. The first-order valence-electron chi connectivity index (χ1n) is 9.60. The molecule has 0 saturated carbocycles. The van der Waals surface area contributed by atoms with Crippen LogP contribution in [0.4, 0.5) is 10.5 Å². The Morgan fingerprint density at radius 2 is 1.94 bits per heavy atom. The van der Waals surface area contributed by atoms with E-state index in [1.807, 2.05) is 56.3 Å². The molecule has 4 rings (SSSR count). The van der Waals surface area contributed by atoms with Gasteiger partial charge >= 0.3 is 6.03 Å². The fourth-order valence-corrected chi connectivity index (χ4v) is 3.95. The Balaban J connectivity index is 1.50. The number of nitrogens with one attached hydrogen (secondary N) is 2. The first kappa shape index (κ1) is 20.5. The summed E-state index contributed by atoms with van der Waals surface area (Å²) in [6.45, 7) is 4.06. The van der Waals surface area contributed by atoms with Crippen molar-refractivity contribution in [1.82, 2.24) is 19.9 Å². The van der Waals surface area contributed by atoms with Gasteiger partial charge in [-0.15, -0.1) is 0 Å². The maximum absolute atomic E-state index is 12.5. The third-order valence-corrected chi connectivity index (χ3v) is 5.88. The number of aromatic nitrogens is 3. The zero-order valence-corrected chi connectivity index (χ0v) is 18.1. The van der Waals surface area contributed by atoms with Crippen LogP contribution in [0.2, 0.25) is 0 Å². The highest BCUT2D eigenvalue weighted by atomic mass is 32.1. The lowest BCUT2D eigenvalue weighted by Crippen LogP contribution is -2.29. The molecule has 0 aliphatic rings. The molecule has 2 aromatic heterocycles. The summed E-state index contributed by atoms with van der Waals surface area (Å²) in [5, 5.41) is 10.6. The monoisotopic (exact) mass is 435 g/mol. The van der Waals surface area contributed by atoms with Crippen LogP contribution >= 0.6 is 11.3 Å². The summed E-state index contributed by atoms with van der Waals surface area (Å²) in [5.41, 5.74) is 3.87. The number of fused-ring (bicyclic) bond motifs is 1. The van der Waals surface area contributed by atoms with Crippen molar-refractivity contribution in [2.75, 3.05) is 12.4 Å². The summed E-state index contributed by atoms with van der Waals surface area (Å²) in [6.07, 6.45) is 0. The minimum Gasteiger partial charge on any atom is -0.497 e. The van der Waals surface area contributed by atoms with Gasteiger partial charge in [-0.05, 0) is 55.3 Å². The molecule has 8 nitrogen and oxygen atoms in total. The number of hydrogen-bond acceptors (Lipinski definition) is 6. The number of methoxy groups -OCH3 is 1. The molecule has 0 fully saturated rings. The molecule has 2 heterocycles. The smallest absolute Gasteiger partial charge is 0.319 e. The van der Waals surface area contributed by atoms with Crippen LogP contribution in [0, 0.1) is 13.8 Å². The minimum absolute atomic E-state index is 0.123. The molecule has 0 spiro atoms. The van der Waals surface area contributed by atoms with Crippen molar-refractivity contribution < 1.29 is 9.53 Å². The van der Waals surface area contributed by atoms with Gasteiger partial charge in [-0.25, -0.2) is 9.78 Å². The van der Waals surface area contributed by atoms with Gasteiger partial charge in [0.05, 0.1) is 19.3 Å². The molecule has 9 heteroatoms. The van der Waals surface area contributed by atoms with Crippen molar-refractivity contribution >= 4 is 28.0 Å². The summed E-state index contributed by atoms with van der Waals surface area (Å²) in [5.74, 6) is 0.743. The molecule has 31 heavy (non-hydrogen) atoms. The van der Waals surface area contributed by atoms with Crippen LogP contribution in [0.3, 0.4) is 0 Å². The number of carbonyl (C=O) groups is 1. The average Bonchev–Trinajstić information content (AvgIpc) is 3.20.